The van der Waals surface area contributed by atoms with E-state index in [1.807, 2.05) is 44.2 Å². The van der Waals surface area contributed by atoms with Crippen LogP contribution in [0, 0.1) is 19.7 Å². The fourth-order valence-corrected chi connectivity index (χ4v) is 3.69. The number of halogens is 2. The van der Waals surface area contributed by atoms with Gasteiger partial charge in [-0.3, -0.25) is 0 Å². The Labute approximate surface area is 207 Å². The molecule has 2 aromatic heterocycles. The first-order chi connectivity index (χ1) is 16.8. The molecule has 0 amide bonds. The third kappa shape index (κ3) is 5.73. The van der Waals surface area contributed by atoms with E-state index in [9.17, 15) is 9.18 Å². The Morgan fingerprint density at radius 2 is 2.03 bits per heavy atom. The van der Waals surface area contributed by atoms with Crippen molar-refractivity contribution in [2.24, 2.45) is 0 Å². The van der Waals surface area contributed by atoms with Crippen LogP contribution in [0.4, 0.5) is 16.0 Å². The number of rotatable bonds is 7. The number of aromatic nitrogens is 4. The predicted molar refractivity (Wildman–Crippen MR) is 134 cm³/mol. The number of hydrogen-bond donors (Lipinski definition) is 1. The van der Waals surface area contributed by atoms with Crippen molar-refractivity contribution in [3.05, 3.63) is 88.6 Å². The van der Waals surface area contributed by atoms with Crippen LogP contribution in [0.2, 0.25) is 5.02 Å². The highest BCUT2D eigenvalue weighted by Crippen LogP contribution is 2.29. The first-order valence-corrected chi connectivity index (χ1v) is 11.3. The summed E-state index contributed by atoms with van der Waals surface area (Å²) in [7, 11) is 0. The van der Waals surface area contributed by atoms with Crippen molar-refractivity contribution in [3.8, 4) is 16.9 Å². The van der Waals surface area contributed by atoms with Gasteiger partial charge in [-0.2, -0.15) is 10.1 Å². The summed E-state index contributed by atoms with van der Waals surface area (Å²) in [5.74, 6) is -0.0419. The minimum Gasteiger partial charge on any atom is -0.463 e. The SMILES string of the molecule is CCOC(=O)C=Cc1cccc(-c2cnc(Nc3ccc(F)c(Cl)c3)nc2-n2nc(C)cc2C)c1. The minimum atomic E-state index is -0.506. The largest absolute Gasteiger partial charge is 0.463 e. The van der Waals surface area contributed by atoms with Crippen molar-refractivity contribution in [2.75, 3.05) is 11.9 Å². The van der Waals surface area contributed by atoms with Crippen LogP contribution in [0.3, 0.4) is 0 Å². The standard InChI is InChI=1S/C26H23ClFN5O2/c1-4-35-24(34)11-8-18-6-5-7-19(13-18)21-15-29-26(30-20-9-10-23(28)22(27)14-20)31-25(21)33-17(3)12-16(2)32-33/h5-15H,4H2,1-3H3,(H,29,30,31). The zero-order valence-corrected chi connectivity index (χ0v) is 20.2. The molecule has 2 heterocycles. The van der Waals surface area contributed by atoms with Gasteiger partial charge < -0.3 is 10.1 Å². The number of ether oxygens (including phenoxy) is 1. The highest BCUT2D eigenvalue weighted by molar-refractivity contribution is 6.31. The van der Waals surface area contributed by atoms with Crippen LogP contribution in [0.15, 0.2) is 60.8 Å². The fourth-order valence-electron chi connectivity index (χ4n) is 3.51. The van der Waals surface area contributed by atoms with Gasteiger partial charge in [0.15, 0.2) is 5.82 Å². The van der Waals surface area contributed by atoms with Crippen LogP contribution in [0.25, 0.3) is 23.0 Å². The summed E-state index contributed by atoms with van der Waals surface area (Å²) in [6.45, 7) is 5.93. The van der Waals surface area contributed by atoms with Crippen molar-refractivity contribution in [1.29, 1.82) is 0 Å². The Morgan fingerprint density at radius 3 is 2.74 bits per heavy atom. The van der Waals surface area contributed by atoms with E-state index in [-0.39, 0.29) is 5.02 Å². The van der Waals surface area contributed by atoms with E-state index in [1.54, 1.807) is 29.9 Å². The molecule has 0 atom stereocenters. The highest BCUT2D eigenvalue weighted by Gasteiger charge is 2.15. The van der Waals surface area contributed by atoms with Crippen molar-refractivity contribution in [1.82, 2.24) is 19.7 Å². The molecule has 7 nitrogen and oxygen atoms in total. The van der Waals surface area contributed by atoms with Gasteiger partial charge in [-0.25, -0.2) is 18.9 Å². The van der Waals surface area contributed by atoms with Gasteiger partial charge in [0.2, 0.25) is 5.95 Å². The molecule has 0 saturated heterocycles. The average Bonchev–Trinajstić information content (AvgIpc) is 3.18. The van der Waals surface area contributed by atoms with Gasteiger partial charge in [0, 0.05) is 29.2 Å². The molecule has 0 fully saturated rings. The maximum Gasteiger partial charge on any atom is 0.330 e. The molecule has 0 radical (unpaired) electrons. The van der Waals surface area contributed by atoms with Crippen LogP contribution in [0.5, 0.6) is 0 Å². The Kier molecular flexibility index (Phi) is 7.22. The number of carbonyl (C=O) groups excluding carboxylic acids is 1. The quantitative estimate of drug-likeness (QED) is 0.250. The van der Waals surface area contributed by atoms with Crippen LogP contribution < -0.4 is 5.32 Å². The molecule has 0 aliphatic carbocycles. The molecule has 0 aliphatic rings. The van der Waals surface area contributed by atoms with E-state index < -0.39 is 11.8 Å². The molecule has 9 heteroatoms. The second-order valence-electron chi connectivity index (χ2n) is 7.73. The number of aryl methyl sites for hydroxylation is 2. The molecule has 35 heavy (non-hydrogen) atoms. The van der Waals surface area contributed by atoms with Gasteiger partial charge in [-0.05, 0) is 68.3 Å². The molecule has 0 aliphatic heterocycles. The van der Waals surface area contributed by atoms with Crippen molar-refractivity contribution in [3.63, 3.8) is 0 Å². The number of benzene rings is 2. The topological polar surface area (TPSA) is 81.9 Å². The lowest BCUT2D eigenvalue weighted by Crippen LogP contribution is -2.08. The van der Waals surface area contributed by atoms with E-state index in [2.05, 4.69) is 15.4 Å². The molecule has 4 aromatic rings. The second kappa shape index (κ2) is 10.5. The van der Waals surface area contributed by atoms with Gasteiger partial charge >= 0.3 is 5.97 Å². The summed E-state index contributed by atoms with van der Waals surface area (Å²) in [6, 6.07) is 13.9. The van der Waals surface area contributed by atoms with Crippen LogP contribution >= 0.6 is 11.6 Å². The zero-order chi connectivity index (χ0) is 24.9. The smallest absolute Gasteiger partial charge is 0.330 e. The van der Waals surface area contributed by atoms with Crippen molar-refractivity contribution in [2.45, 2.75) is 20.8 Å². The summed E-state index contributed by atoms with van der Waals surface area (Å²) in [5.41, 5.74) is 4.70. The lowest BCUT2D eigenvalue weighted by atomic mass is 10.0. The van der Waals surface area contributed by atoms with Crippen LogP contribution in [-0.2, 0) is 9.53 Å². The van der Waals surface area contributed by atoms with Gasteiger partial charge in [0.05, 0.1) is 17.3 Å². The minimum absolute atomic E-state index is 0.00178. The first-order valence-electron chi connectivity index (χ1n) is 10.9. The van der Waals surface area contributed by atoms with Gasteiger partial charge in [-0.1, -0.05) is 29.8 Å². The van der Waals surface area contributed by atoms with Crippen LogP contribution in [-0.4, -0.2) is 32.3 Å². The Balaban J connectivity index is 1.75. The van der Waals surface area contributed by atoms with Crippen molar-refractivity contribution < 1.29 is 13.9 Å². The number of esters is 1. The molecule has 178 valence electrons. The molecule has 0 saturated carbocycles. The molecule has 2 aromatic carbocycles. The normalized spacial score (nSPS) is 11.1. The van der Waals surface area contributed by atoms with E-state index in [1.165, 1.54) is 18.2 Å². The summed E-state index contributed by atoms with van der Waals surface area (Å²) >= 11 is 5.91. The number of carbonyl (C=O) groups is 1. The number of nitrogens with zero attached hydrogens (tertiary/aromatic N) is 4. The maximum absolute atomic E-state index is 13.5. The van der Waals surface area contributed by atoms with Crippen LogP contribution in [0.1, 0.15) is 23.9 Å². The summed E-state index contributed by atoms with van der Waals surface area (Å²) in [5, 5.41) is 7.66. The molecule has 1 N–H and O–H groups in total. The van der Waals surface area contributed by atoms with E-state index in [4.69, 9.17) is 21.3 Å². The van der Waals surface area contributed by atoms with E-state index >= 15 is 0 Å². The highest BCUT2D eigenvalue weighted by atomic mass is 35.5. The molecule has 0 bridgehead atoms. The first kappa shape index (κ1) is 24.1. The third-order valence-corrected chi connectivity index (χ3v) is 5.34. The number of hydrogen-bond acceptors (Lipinski definition) is 6. The lowest BCUT2D eigenvalue weighted by molar-refractivity contribution is -0.137. The molecular formula is C26H23ClFN5O2. The average molecular weight is 492 g/mol. The second-order valence-corrected chi connectivity index (χ2v) is 8.14. The van der Waals surface area contributed by atoms with Gasteiger partial charge in [0.25, 0.3) is 0 Å². The number of anilines is 2. The summed E-state index contributed by atoms with van der Waals surface area (Å²) < 4.78 is 20.2. The lowest BCUT2D eigenvalue weighted by Gasteiger charge is -2.13. The third-order valence-electron chi connectivity index (χ3n) is 5.05. The summed E-state index contributed by atoms with van der Waals surface area (Å²) in [6.07, 6.45) is 4.78. The molecule has 0 spiro atoms. The Morgan fingerprint density at radius 1 is 1.20 bits per heavy atom. The predicted octanol–water partition coefficient (Wildman–Crippen LogP) is 6.06. The number of nitrogens with one attached hydrogen (secondary N) is 1. The van der Waals surface area contributed by atoms with Gasteiger partial charge in [0.1, 0.15) is 5.82 Å². The molecule has 4 rings (SSSR count). The Bertz CT molecular complexity index is 1420. The van der Waals surface area contributed by atoms with Crippen molar-refractivity contribution >= 4 is 35.3 Å². The maximum atomic E-state index is 13.5. The fraction of sp³-hybridized carbons (Fsp3) is 0.154. The molecule has 0 unspecified atom stereocenters. The van der Waals surface area contributed by atoms with E-state index in [0.717, 1.165) is 28.1 Å². The summed E-state index contributed by atoms with van der Waals surface area (Å²) in [4.78, 5) is 20.9. The Hall–Kier alpha value is -4.04. The van der Waals surface area contributed by atoms with E-state index in [0.29, 0.717) is 24.1 Å². The van der Waals surface area contributed by atoms with Gasteiger partial charge in [-0.15, -0.1) is 0 Å². The zero-order valence-electron chi connectivity index (χ0n) is 19.4. The monoisotopic (exact) mass is 491 g/mol. The molecular weight excluding hydrogens is 469 g/mol.